The van der Waals surface area contributed by atoms with E-state index in [0.717, 1.165) is 6.42 Å². The maximum absolute atomic E-state index is 13.4. The Hall–Kier alpha value is -3.89. The molecule has 1 aliphatic rings. The Morgan fingerprint density at radius 1 is 1.00 bits per heavy atom. The molecule has 0 amide bonds. The number of benzene rings is 1. The Morgan fingerprint density at radius 3 is 2.33 bits per heavy atom. The molecule has 0 N–H and O–H groups in total. The number of aryl methyl sites for hydroxylation is 1. The van der Waals surface area contributed by atoms with Gasteiger partial charge in [-0.2, -0.15) is 0 Å². The van der Waals surface area contributed by atoms with Crippen LogP contribution in [0.15, 0.2) is 48.0 Å². The number of carbonyl (C=O) groups excluding carboxylic acids is 3. The summed E-state index contributed by atoms with van der Waals surface area (Å²) < 4.78 is 26.1. The molecule has 3 rings (SSSR count). The molecule has 0 radical (unpaired) electrons. The maximum atomic E-state index is 13.4. The summed E-state index contributed by atoms with van der Waals surface area (Å²) in [6.07, 6.45) is 7.14. The van der Waals surface area contributed by atoms with E-state index in [0.29, 0.717) is 36.7 Å². The third-order valence-electron chi connectivity index (χ3n) is 6.53. The third kappa shape index (κ3) is 7.00. The summed E-state index contributed by atoms with van der Waals surface area (Å²) in [5, 5.41) is 0. The Kier molecular flexibility index (Phi) is 11.1. The highest BCUT2D eigenvalue weighted by Crippen LogP contribution is 2.45. The predicted octanol–water partition coefficient (Wildman–Crippen LogP) is 2.77. The molecule has 0 aliphatic carbocycles. The van der Waals surface area contributed by atoms with E-state index in [4.69, 9.17) is 18.9 Å². The van der Waals surface area contributed by atoms with Crippen molar-refractivity contribution in [1.29, 1.82) is 0 Å². The summed E-state index contributed by atoms with van der Waals surface area (Å²) >= 11 is 0. The number of ether oxygens (including phenoxy) is 4. The van der Waals surface area contributed by atoms with Crippen molar-refractivity contribution in [3.63, 3.8) is 0 Å². The van der Waals surface area contributed by atoms with Crippen LogP contribution in [0.3, 0.4) is 0 Å². The van der Waals surface area contributed by atoms with E-state index >= 15 is 0 Å². The topological polar surface area (TPSA) is 113 Å². The largest absolute Gasteiger partial charge is 0.493 e. The lowest BCUT2D eigenvalue weighted by Gasteiger charge is -2.35. The first-order valence-electron chi connectivity index (χ1n) is 13.8. The second-order valence-corrected chi connectivity index (χ2v) is 9.49. The lowest BCUT2D eigenvalue weighted by atomic mass is 9.85. The number of hydrogen-bond donors (Lipinski definition) is 0. The van der Waals surface area contributed by atoms with Crippen LogP contribution in [0.1, 0.15) is 58.6 Å². The van der Waals surface area contributed by atoms with Gasteiger partial charge in [0.05, 0.1) is 32.7 Å². The second kappa shape index (κ2) is 14.5. The number of nitrogens with zero attached hydrogens (tertiary/aromatic N) is 4. The first-order chi connectivity index (χ1) is 19.3. The zero-order chi connectivity index (χ0) is 29.1. The van der Waals surface area contributed by atoms with Gasteiger partial charge in [-0.25, -0.2) is 23.7 Å². The lowest BCUT2D eigenvalue weighted by Crippen LogP contribution is -2.53. The highest BCUT2D eigenvalue weighted by molar-refractivity contribution is 6.10. The van der Waals surface area contributed by atoms with Crippen LogP contribution < -0.4 is 9.30 Å². The number of aromatic nitrogens is 2. The van der Waals surface area contributed by atoms with Crippen LogP contribution in [0.5, 0.6) is 5.75 Å². The van der Waals surface area contributed by atoms with Gasteiger partial charge in [0.1, 0.15) is 37.3 Å². The predicted molar refractivity (Wildman–Crippen MR) is 147 cm³/mol. The minimum atomic E-state index is -1.93. The van der Waals surface area contributed by atoms with Crippen molar-refractivity contribution in [1.82, 2.24) is 9.47 Å². The summed E-state index contributed by atoms with van der Waals surface area (Å²) in [5.41, 5.74) is -1.31. The van der Waals surface area contributed by atoms with Crippen molar-refractivity contribution >= 4 is 23.7 Å². The zero-order valence-electron chi connectivity index (χ0n) is 24.1. The molecule has 0 saturated heterocycles. The van der Waals surface area contributed by atoms with Crippen molar-refractivity contribution in [2.75, 3.05) is 33.0 Å². The molecule has 1 unspecified atom stereocenters. The van der Waals surface area contributed by atoms with Crippen LogP contribution in [-0.2, 0) is 42.2 Å². The molecule has 0 saturated carbocycles. The number of carbonyl (C=O) groups is 3. The van der Waals surface area contributed by atoms with Crippen molar-refractivity contribution in [2.24, 2.45) is 12.0 Å². The molecule has 218 valence electrons. The average molecular weight is 558 g/mol. The molecular formula is C29H41N4O7+. The zero-order valence-corrected chi connectivity index (χ0v) is 24.1. The van der Waals surface area contributed by atoms with Crippen molar-refractivity contribution in [3.05, 3.63) is 48.5 Å². The number of aliphatic imine (C=N–C) groups is 1. The third-order valence-corrected chi connectivity index (χ3v) is 6.53. The highest BCUT2D eigenvalue weighted by atomic mass is 16.6. The number of esters is 3. The van der Waals surface area contributed by atoms with Gasteiger partial charge < -0.3 is 23.8 Å². The quantitative estimate of drug-likeness (QED) is 0.108. The Bertz CT molecular complexity index is 1170. The van der Waals surface area contributed by atoms with E-state index in [1.165, 1.54) is 0 Å². The smallest absolute Gasteiger partial charge is 0.348 e. The van der Waals surface area contributed by atoms with Gasteiger partial charge in [0.2, 0.25) is 6.33 Å². The lowest BCUT2D eigenvalue weighted by molar-refractivity contribution is -0.671. The number of rotatable bonds is 15. The van der Waals surface area contributed by atoms with Gasteiger partial charge in [-0.05, 0) is 39.7 Å². The van der Waals surface area contributed by atoms with E-state index in [2.05, 4.69) is 4.99 Å². The second-order valence-electron chi connectivity index (χ2n) is 9.49. The van der Waals surface area contributed by atoms with Gasteiger partial charge in [-0.3, -0.25) is 4.79 Å². The number of para-hydroxylation sites is 1. The summed E-state index contributed by atoms with van der Waals surface area (Å²) in [6, 6.07) is 6.42. The average Bonchev–Trinajstić information content (AvgIpc) is 3.48. The van der Waals surface area contributed by atoms with Gasteiger partial charge in [0.25, 0.3) is 5.54 Å². The molecule has 0 fully saturated rings. The van der Waals surface area contributed by atoms with Crippen molar-refractivity contribution < 1.29 is 37.9 Å². The Balaban J connectivity index is 1.74. The number of imidazole rings is 1. The van der Waals surface area contributed by atoms with E-state index in [-0.39, 0.29) is 38.8 Å². The molecule has 2 heterocycles. The van der Waals surface area contributed by atoms with Gasteiger partial charge in [-0.1, -0.05) is 25.1 Å². The number of amidine groups is 1. The van der Waals surface area contributed by atoms with E-state index < -0.39 is 23.5 Å². The minimum Gasteiger partial charge on any atom is -0.493 e. The van der Waals surface area contributed by atoms with Gasteiger partial charge >= 0.3 is 17.9 Å². The maximum Gasteiger partial charge on any atom is 0.348 e. The molecule has 1 aromatic carbocycles. The SMILES string of the molecule is CCCN1C(C)=NC(C(=O)OCC)(C(=O)OCC)C1c1ccccc1OCCCC(=O)OCCn1cc[n+](C)c1. The fourth-order valence-corrected chi connectivity index (χ4v) is 4.81. The molecular weight excluding hydrogens is 516 g/mol. The van der Waals surface area contributed by atoms with Crippen LogP contribution in [0.4, 0.5) is 0 Å². The molecule has 0 spiro atoms. The molecule has 2 aromatic rings. The molecule has 40 heavy (non-hydrogen) atoms. The summed E-state index contributed by atoms with van der Waals surface area (Å²) in [4.78, 5) is 45.6. The van der Waals surface area contributed by atoms with Gasteiger partial charge in [0.15, 0.2) is 0 Å². The van der Waals surface area contributed by atoms with E-state index in [1.807, 2.05) is 64.9 Å². The fraction of sp³-hybridized carbons (Fsp3) is 0.552. The standard InChI is InChI=1S/C29H41N4O7/c1-6-15-33-22(4)30-29(27(35)37-7-2,28(36)38-8-3)26(33)23-12-9-10-13-24(23)39-19-11-14-25(34)40-20-18-32-17-16-31(5)21-32/h9-10,12-13,16-17,21,26H,6-8,11,14-15,18-20H2,1-5H3/q+1. The molecule has 1 aromatic heterocycles. The molecule has 1 atom stereocenters. The Labute approximate surface area is 235 Å². The van der Waals surface area contributed by atoms with Crippen molar-refractivity contribution in [3.8, 4) is 5.75 Å². The van der Waals surface area contributed by atoms with Crippen LogP contribution in [0.25, 0.3) is 0 Å². The van der Waals surface area contributed by atoms with Gasteiger partial charge in [0, 0.05) is 18.5 Å². The van der Waals surface area contributed by atoms with E-state index in [9.17, 15) is 14.4 Å². The fourth-order valence-electron chi connectivity index (χ4n) is 4.81. The highest BCUT2D eigenvalue weighted by Gasteiger charge is 2.62. The molecule has 11 heteroatoms. The minimum absolute atomic E-state index is 0.0906. The molecule has 1 aliphatic heterocycles. The molecule has 11 nitrogen and oxygen atoms in total. The Morgan fingerprint density at radius 2 is 1.70 bits per heavy atom. The monoisotopic (exact) mass is 557 g/mol. The first-order valence-corrected chi connectivity index (χ1v) is 13.8. The summed E-state index contributed by atoms with van der Waals surface area (Å²) in [6.45, 7) is 9.00. The summed E-state index contributed by atoms with van der Waals surface area (Å²) in [5.74, 6) is -0.791. The van der Waals surface area contributed by atoms with Crippen LogP contribution >= 0.6 is 0 Å². The first kappa shape index (κ1) is 30.6. The van der Waals surface area contributed by atoms with Crippen LogP contribution in [0, 0.1) is 0 Å². The van der Waals surface area contributed by atoms with Crippen molar-refractivity contribution in [2.45, 2.75) is 65.1 Å². The van der Waals surface area contributed by atoms with Gasteiger partial charge in [-0.15, -0.1) is 0 Å². The van der Waals surface area contributed by atoms with Crippen LogP contribution in [0.2, 0.25) is 0 Å². The van der Waals surface area contributed by atoms with Crippen LogP contribution in [-0.4, -0.2) is 71.7 Å². The normalized spacial score (nSPS) is 15.9. The summed E-state index contributed by atoms with van der Waals surface area (Å²) in [7, 11) is 1.93. The van der Waals surface area contributed by atoms with E-state index in [1.54, 1.807) is 26.8 Å². The molecule has 0 bridgehead atoms. The number of hydrogen-bond acceptors (Lipinski definition) is 9.